The average molecular weight is 407 g/mol. The number of rotatable bonds is 5. The molecule has 0 aromatic heterocycles. The molecule has 0 aliphatic carbocycles. The molecule has 9 heteroatoms. The van der Waals surface area contributed by atoms with Crippen molar-refractivity contribution in [3.63, 3.8) is 0 Å². The summed E-state index contributed by atoms with van der Waals surface area (Å²) in [4.78, 5) is -0.140. The summed E-state index contributed by atoms with van der Waals surface area (Å²) < 4.78 is 33.6. The highest BCUT2D eigenvalue weighted by molar-refractivity contribution is 8.13. The van der Waals surface area contributed by atoms with Crippen molar-refractivity contribution in [1.29, 1.82) is 0 Å². The van der Waals surface area contributed by atoms with Crippen LogP contribution < -0.4 is 9.47 Å². The van der Waals surface area contributed by atoms with Crippen molar-refractivity contribution in [2.45, 2.75) is 4.90 Å². The topological polar surface area (TPSA) is 97.6 Å². The molecule has 3 aromatic rings. The van der Waals surface area contributed by atoms with E-state index in [1.165, 1.54) is 38.5 Å². The molecule has 0 unspecified atom stereocenters. The maximum Gasteiger partial charge on any atom is 0.261 e. The number of halogens is 1. The third-order valence-electron chi connectivity index (χ3n) is 3.88. The standard InChI is InChI=1S/C18H15ClN2O5S/c1-25-16-8-7-11(27(19,23)24)9-14(16)20-21-15-10-17(26-2)12-5-3-4-6-13(12)18(15)22/h3-10,22H,1-2H3. The number of methoxy groups -OCH3 is 2. The summed E-state index contributed by atoms with van der Waals surface area (Å²) in [6.45, 7) is 0. The number of hydrogen-bond acceptors (Lipinski definition) is 7. The molecule has 0 spiro atoms. The number of ether oxygens (including phenoxy) is 2. The molecule has 0 atom stereocenters. The molecule has 3 aromatic carbocycles. The number of azo groups is 1. The largest absolute Gasteiger partial charge is 0.505 e. The van der Waals surface area contributed by atoms with Gasteiger partial charge in [0.1, 0.15) is 22.9 Å². The molecule has 0 saturated carbocycles. The number of phenols is 1. The minimum Gasteiger partial charge on any atom is -0.505 e. The minimum atomic E-state index is -3.94. The van der Waals surface area contributed by atoms with E-state index in [2.05, 4.69) is 10.2 Å². The lowest BCUT2D eigenvalue weighted by Crippen LogP contribution is -1.91. The lowest BCUT2D eigenvalue weighted by Gasteiger charge is -2.09. The van der Waals surface area contributed by atoms with Crippen LogP contribution in [0.2, 0.25) is 0 Å². The highest BCUT2D eigenvalue weighted by Crippen LogP contribution is 2.42. The minimum absolute atomic E-state index is 0.0739. The SMILES string of the molecule is COc1ccc(S(=O)(=O)Cl)cc1N=Nc1cc(OC)c2ccccc2c1O. The van der Waals surface area contributed by atoms with Crippen LogP contribution in [0.3, 0.4) is 0 Å². The fourth-order valence-electron chi connectivity index (χ4n) is 2.57. The van der Waals surface area contributed by atoms with Crippen molar-refractivity contribution in [3.8, 4) is 17.2 Å². The molecule has 3 rings (SSSR count). The van der Waals surface area contributed by atoms with E-state index in [1.807, 2.05) is 12.1 Å². The van der Waals surface area contributed by atoms with Crippen LogP contribution in [-0.4, -0.2) is 27.7 Å². The third-order valence-corrected chi connectivity index (χ3v) is 5.23. The molecule has 1 N–H and O–H groups in total. The third kappa shape index (κ3) is 3.81. The first-order valence-electron chi connectivity index (χ1n) is 7.68. The molecule has 0 saturated heterocycles. The summed E-state index contributed by atoms with van der Waals surface area (Å²) in [5, 5.41) is 19.8. The Morgan fingerprint density at radius 1 is 0.889 bits per heavy atom. The maximum atomic E-state index is 11.5. The van der Waals surface area contributed by atoms with Crippen molar-refractivity contribution in [2.24, 2.45) is 10.2 Å². The fourth-order valence-corrected chi connectivity index (χ4v) is 3.34. The lowest BCUT2D eigenvalue weighted by molar-refractivity contribution is 0.415. The Kier molecular flexibility index (Phi) is 5.20. The van der Waals surface area contributed by atoms with E-state index < -0.39 is 9.05 Å². The number of benzene rings is 3. The monoisotopic (exact) mass is 406 g/mol. The van der Waals surface area contributed by atoms with Crippen molar-refractivity contribution < 1.29 is 23.0 Å². The number of hydrogen-bond donors (Lipinski definition) is 1. The normalized spacial score (nSPS) is 11.8. The van der Waals surface area contributed by atoms with Gasteiger partial charge < -0.3 is 14.6 Å². The molecule has 27 heavy (non-hydrogen) atoms. The van der Waals surface area contributed by atoms with Gasteiger partial charge in [-0.05, 0) is 18.2 Å². The Morgan fingerprint density at radius 3 is 2.15 bits per heavy atom. The second-order valence-corrected chi connectivity index (χ2v) is 8.03. The number of phenolic OH excluding ortho intramolecular Hbond substituents is 1. The summed E-state index contributed by atoms with van der Waals surface area (Å²) in [6.07, 6.45) is 0. The first-order chi connectivity index (χ1) is 12.8. The Bertz CT molecular complexity index is 1150. The zero-order valence-electron chi connectivity index (χ0n) is 14.4. The zero-order chi connectivity index (χ0) is 19.6. The first kappa shape index (κ1) is 18.9. The fraction of sp³-hybridized carbons (Fsp3) is 0.111. The van der Waals surface area contributed by atoms with Crippen LogP contribution in [0.1, 0.15) is 0 Å². The van der Waals surface area contributed by atoms with Crippen LogP contribution in [0.5, 0.6) is 17.2 Å². The van der Waals surface area contributed by atoms with Crippen LogP contribution in [0.4, 0.5) is 11.4 Å². The second kappa shape index (κ2) is 7.42. The van der Waals surface area contributed by atoms with Crippen LogP contribution in [-0.2, 0) is 9.05 Å². The second-order valence-electron chi connectivity index (χ2n) is 5.46. The molecular weight excluding hydrogens is 392 g/mol. The quantitative estimate of drug-likeness (QED) is 0.479. The van der Waals surface area contributed by atoms with E-state index in [-0.39, 0.29) is 22.0 Å². The van der Waals surface area contributed by atoms with Gasteiger partial charge in [0.25, 0.3) is 9.05 Å². The van der Waals surface area contributed by atoms with Crippen molar-refractivity contribution >= 4 is 41.9 Å². The van der Waals surface area contributed by atoms with Crippen molar-refractivity contribution in [1.82, 2.24) is 0 Å². The van der Waals surface area contributed by atoms with Crippen LogP contribution in [0.15, 0.2) is 63.7 Å². The summed E-state index contributed by atoms with van der Waals surface area (Å²) in [5.74, 6) is 0.742. The van der Waals surface area contributed by atoms with Gasteiger partial charge in [0.05, 0.1) is 19.1 Å². The number of fused-ring (bicyclic) bond motifs is 1. The van der Waals surface area contributed by atoms with Crippen LogP contribution in [0, 0.1) is 0 Å². The average Bonchev–Trinajstić information content (AvgIpc) is 2.66. The van der Waals surface area contributed by atoms with Gasteiger partial charge in [0, 0.05) is 27.5 Å². The predicted molar refractivity (Wildman–Crippen MR) is 102 cm³/mol. The molecule has 7 nitrogen and oxygen atoms in total. The highest BCUT2D eigenvalue weighted by Gasteiger charge is 2.15. The predicted octanol–water partition coefficient (Wildman–Crippen LogP) is 4.91. The lowest BCUT2D eigenvalue weighted by atomic mass is 10.1. The summed E-state index contributed by atoms with van der Waals surface area (Å²) in [6, 6.07) is 12.6. The number of aromatic hydroxyl groups is 1. The smallest absolute Gasteiger partial charge is 0.261 e. The molecule has 0 bridgehead atoms. The Labute approximate surface area is 160 Å². The summed E-state index contributed by atoms with van der Waals surface area (Å²) >= 11 is 0. The van der Waals surface area contributed by atoms with Crippen molar-refractivity contribution in [2.75, 3.05) is 14.2 Å². The van der Waals surface area contributed by atoms with Gasteiger partial charge in [-0.3, -0.25) is 0 Å². The van der Waals surface area contributed by atoms with E-state index in [0.717, 1.165) is 5.39 Å². The molecule has 0 radical (unpaired) electrons. The molecule has 0 fully saturated rings. The van der Waals surface area contributed by atoms with E-state index in [9.17, 15) is 13.5 Å². The molecule has 140 valence electrons. The molecule has 0 heterocycles. The van der Waals surface area contributed by atoms with E-state index in [4.69, 9.17) is 20.2 Å². The van der Waals surface area contributed by atoms with E-state index >= 15 is 0 Å². The van der Waals surface area contributed by atoms with Gasteiger partial charge >= 0.3 is 0 Å². The van der Waals surface area contributed by atoms with Gasteiger partial charge in [-0.15, -0.1) is 10.2 Å². The van der Waals surface area contributed by atoms with Gasteiger partial charge in [0.2, 0.25) is 0 Å². The molecule has 0 aliphatic heterocycles. The van der Waals surface area contributed by atoms with Gasteiger partial charge in [0.15, 0.2) is 5.75 Å². The Balaban J connectivity index is 2.13. The Morgan fingerprint density at radius 2 is 1.52 bits per heavy atom. The highest BCUT2D eigenvalue weighted by atomic mass is 35.7. The first-order valence-corrected chi connectivity index (χ1v) is 9.99. The summed E-state index contributed by atoms with van der Waals surface area (Å²) in [7, 11) is 4.37. The van der Waals surface area contributed by atoms with Gasteiger partial charge in [-0.1, -0.05) is 24.3 Å². The molecular formula is C18H15ClN2O5S. The summed E-state index contributed by atoms with van der Waals surface area (Å²) in [5.41, 5.74) is 0.303. The molecule has 0 aliphatic rings. The zero-order valence-corrected chi connectivity index (χ0v) is 16.0. The van der Waals surface area contributed by atoms with E-state index in [0.29, 0.717) is 16.9 Å². The van der Waals surface area contributed by atoms with Gasteiger partial charge in [-0.25, -0.2) is 8.42 Å². The van der Waals surface area contributed by atoms with Crippen molar-refractivity contribution in [3.05, 3.63) is 48.5 Å². The van der Waals surface area contributed by atoms with E-state index in [1.54, 1.807) is 12.1 Å². The Hall–Kier alpha value is -2.84. The van der Waals surface area contributed by atoms with Crippen LogP contribution in [0.25, 0.3) is 10.8 Å². The molecule has 0 amide bonds. The van der Waals surface area contributed by atoms with Gasteiger partial charge in [-0.2, -0.15) is 0 Å². The maximum absolute atomic E-state index is 11.5. The number of nitrogens with zero attached hydrogens (tertiary/aromatic N) is 2. The van der Waals surface area contributed by atoms with Crippen LogP contribution >= 0.6 is 10.7 Å².